The minimum absolute atomic E-state index is 0.113. The van der Waals surface area contributed by atoms with Gasteiger partial charge in [0.15, 0.2) is 23.3 Å². The van der Waals surface area contributed by atoms with Gasteiger partial charge >= 0.3 is 11.9 Å². The average molecular weight is 439 g/mol. The molecule has 2 rings (SSSR count). The summed E-state index contributed by atoms with van der Waals surface area (Å²) >= 11 is 5.85. The van der Waals surface area contributed by atoms with Crippen molar-refractivity contribution in [2.45, 2.75) is 34.0 Å². The Balaban J connectivity index is 2.14. The Hall–Kier alpha value is -2.13. The smallest absolute Gasteiger partial charge is 0.349 e. The Morgan fingerprint density at radius 1 is 1.07 bits per heavy atom. The largest absolute Gasteiger partial charge is 0.462 e. The van der Waals surface area contributed by atoms with Gasteiger partial charge in [-0.15, -0.1) is 0 Å². The fraction of sp³-hybridized carbons (Fsp3) is 0.474. The summed E-state index contributed by atoms with van der Waals surface area (Å²) in [6, 6.07) is 0. The van der Waals surface area contributed by atoms with Crippen LogP contribution < -0.4 is 0 Å². The standard InChI is InChI=1S/C19H19ClF4O5/c1-4-28-17(26)11(20)5-10-12(19(10,2)3)18(27)29-7-9-15(23)13(21)8(6-25)14(22)16(9)24/h5,10,12,25H,4,6-7H2,1-3H3/b11-5+/t10-,12-/m1/s1. The van der Waals surface area contributed by atoms with Crippen molar-refractivity contribution in [3.05, 3.63) is 45.5 Å². The maximum Gasteiger partial charge on any atom is 0.349 e. The van der Waals surface area contributed by atoms with Gasteiger partial charge in [0.2, 0.25) is 0 Å². The van der Waals surface area contributed by atoms with E-state index in [1.807, 2.05) is 0 Å². The van der Waals surface area contributed by atoms with Gasteiger partial charge in [-0.25, -0.2) is 22.4 Å². The molecule has 1 aromatic rings. The summed E-state index contributed by atoms with van der Waals surface area (Å²) in [6.45, 7) is 2.79. The van der Waals surface area contributed by atoms with Crippen molar-refractivity contribution < 1.29 is 41.7 Å². The second-order valence-corrected chi connectivity index (χ2v) is 7.45. The molecular formula is C19H19ClF4O5. The molecule has 1 saturated carbocycles. The summed E-state index contributed by atoms with van der Waals surface area (Å²) in [5, 5.41) is 8.60. The number of hydrogen-bond acceptors (Lipinski definition) is 5. The third-order valence-corrected chi connectivity index (χ3v) is 5.20. The fourth-order valence-electron chi connectivity index (χ4n) is 3.09. The lowest BCUT2D eigenvalue weighted by molar-refractivity contribution is -0.147. The maximum atomic E-state index is 14.0. The van der Waals surface area contributed by atoms with Crippen molar-refractivity contribution in [3.63, 3.8) is 0 Å². The summed E-state index contributed by atoms with van der Waals surface area (Å²) in [5.74, 6) is -9.96. The normalized spacial score (nSPS) is 20.4. The Morgan fingerprint density at radius 2 is 1.59 bits per heavy atom. The molecule has 0 amide bonds. The summed E-state index contributed by atoms with van der Waals surface area (Å²) in [4.78, 5) is 23.9. The van der Waals surface area contributed by atoms with Crippen LogP contribution in [0.4, 0.5) is 17.6 Å². The number of ether oxygens (including phenoxy) is 2. The van der Waals surface area contributed by atoms with Crippen LogP contribution in [0.5, 0.6) is 0 Å². The molecular weight excluding hydrogens is 420 g/mol. The SMILES string of the molecule is CCOC(=O)/C(Cl)=C\[C@@H]1[C@H](C(=O)OCc2c(F)c(F)c(CO)c(F)c2F)C1(C)C. The van der Waals surface area contributed by atoms with Gasteiger partial charge in [0.05, 0.1) is 30.3 Å². The molecule has 0 unspecified atom stereocenters. The van der Waals surface area contributed by atoms with Crippen molar-refractivity contribution in [2.75, 3.05) is 6.61 Å². The molecule has 10 heteroatoms. The minimum atomic E-state index is -1.76. The van der Waals surface area contributed by atoms with E-state index in [2.05, 4.69) is 0 Å². The van der Waals surface area contributed by atoms with E-state index in [0.29, 0.717) is 0 Å². The quantitative estimate of drug-likeness (QED) is 0.304. The number of allylic oxidation sites excluding steroid dienone is 1. The highest BCUT2D eigenvalue weighted by Gasteiger charge is 2.61. The van der Waals surface area contributed by atoms with Crippen molar-refractivity contribution in [3.8, 4) is 0 Å². The topological polar surface area (TPSA) is 72.8 Å². The molecule has 0 saturated heterocycles. The molecule has 1 aliphatic rings. The van der Waals surface area contributed by atoms with Crippen molar-refractivity contribution >= 4 is 23.5 Å². The van der Waals surface area contributed by atoms with E-state index in [4.69, 9.17) is 26.2 Å². The first-order valence-electron chi connectivity index (χ1n) is 8.64. The van der Waals surface area contributed by atoms with Crippen LogP contribution in [0.15, 0.2) is 11.1 Å². The van der Waals surface area contributed by atoms with E-state index >= 15 is 0 Å². The van der Waals surface area contributed by atoms with Crippen LogP contribution >= 0.6 is 11.6 Å². The molecule has 0 spiro atoms. The zero-order valence-corrected chi connectivity index (χ0v) is 16.6. The number of aliphatic hydroxyl groups is 1. The Kier molecular flexibility index (Phi) is 6.95. The fourth-order valence-corrected chi connectivity index (χ4v) is 3.28. The van der Waals surface area contributed by atoms with Crippen LogP contribution in [0, 0.1) is 40.5 Å². The van der Waals surface area contributed by atoms with E-state index < -0.39 is 76.8 Å². The zero-order valence-electron chi connectivity index (χ0n) is 15.8. The van der Waals surface area contributed by atoms with Crippen molar-refractivity contribution in [1.29, 1.82) is 0 Å². The van der Waals surface area contributed by atoms with E-state index in [1.165, 1.54) is 6.08 Å². The van der Waals surface area contributed by atoms with Crippen LogP contribution in [-0.2, 0) is 32.3 Å². The van der Waals surface area contributed by atoms with E-state index in [0.717, 1.165) is 0 Å². The summed E-state index contributed by atoms with van der Waals surface area (Å²) in [7, 11) is 0. The minimum Gasteiger partial charge on any atom is -0.462 e. The summed E-state index contributed by atoms with van der Waals surface area (Å²) < 4.78 is 64.9. The molecule has 0 radical (unpaired) electrons. The zero-order chi connectivity index (χ0) is 22.1. The lowest BCUT2D eigenvalue weighted by Gasteiger charge is -2.11. The first-order chi connectivity index (χ1) is 13.5. The molecule has 0 bridgehead atoms. The van der Waals surface area contributed by atoms with Gasteiger partial charge in [-0.05, 0) is 18.3 Å². The van der Waals surface area contributed by atoms with Gasteiger partial charge in [0.1, 0.15) is 11.6 Å². The first kappa shape index (κ1) is 23.2. The van der Waals surface area contributed by atoms with E-state index in [9.17, 15) is 27.2 Å². The molecule has 2 atom stereocenters. The predicted molar refractivity (Wildman–Crippen MR) is 93.3 cm³/mol. The Morgan fingerprint density at radius 3 is 2.07 bits per heavy atom. The maximum absolute atomic E-state index is 14.0. The molecule has 1 aliphatic carbocycles. The lowest BCUT2D eigenvalue weighted by Crippen LogP contribution is -2.15. The molecule has 5 nitrogen and oxygen atoms in total. The number of rotatable bonds is 7. The lowest BCUT2D eigenvalue weighted by atomic mass is 10.1. The van der Waals surface area contributed by atoms with Gasteiger partial charge < -0.3 is 14.6 Å². The van der Waals surface area contributed by atoms with Crippen molar-refractivity contribution in [2.24, 2.45) is 17.3 Å². The molecule has 0 aliphatic heterocycles. The molecule has 0 heterocycles. The van der Waals surface area contributed by atoms with E-state index in [1.54, 1.807) is 20.8 Å². The highest BCUT2D eigenvalue weighted by molar-refractivity contribution is 6.41. The van der Waals surface area contributed by atoms with Gasteiger partial charge in [0.25, 0.3) is 0 Å². The summed E-state index contributed by atoms with van der Waals surface area (Å²) in [5.41, 5.74) is -2.93. The number of hydrogen-bond donors (Lipinski definition) is 1. The highest BCUT2D eigenvalue weighted by Crippen LogP contribution is 2.60. The molecule has 29 heavy (non-hydrogen) atoms. The molecule has 0 aromatic heterocycles. The summed E-state index contributed by atoms with van der Waals surface area (Å²) in [6.07, 6.45) is 1.34. The van der Waals surface area contributed by atoms with Crippen LogP contribution in [0.25, 0.3) is 0 Å². The van der Waals surface area contributed by atoms with Crippen molar-refractivity contribution in [1.82, 2.24) is 0 Å². The average Bonchev–Trinajstić information content (AvgIpc) is 3.20. The number of aliphatic hydroxyl groups excluding tert-OH is 1. The molecule has 1 aromatic carbocycles. The number of carbonyl (C=O) groups is 2. The van der Waals surface area contributed by atoms with Gasteiger partial charge in [0, 0.05) is 0 Å². The van der Waals surface area contributed by atoms with Crippen LogP contribution in [0.1, 0.15) is 31.9 Å². The predicted octanol–water partition coefficient (Wildman–Crippen LogP) is 3.74. The molecule has 160 valence electrons. The first-order valence-corrected chi connectivity index (χ1v) is 9.02. The van der Waals surface area contributed by atoms with E-state index in [-0.39, 0.29) is 11.6 Å². The number of halogens is 5. The van der Waals surface area contributed by atoms with Crippen LogP contribution in [0.2, 0.25) is 0 Å². The Bertz CT molecular complexity index is 840. The number of esters is 2. The van der Waals surface area contributed by atoms with Gasteiger partial charge in [-0.2, -0.15) is 0 Å². The second-order valence-electron chi connectivity index (χ2n) is 7.04. The van der Waals surface area contributed by atoms with Crippen LogP contribution in [0.3, 0.4) is 0 Å². The monoisotopic (exact) mass is 438 g/mol. The number of benzene rings is 1. The number of carbonyl (C=O) groups excluding carboxylic acids is 2. The van der Waals surface area contributed by atoms with Gasteiger partial charge in [-0.1, -0.05) is 31.5 Å². The van der Waals surface area contributed by atoms with Gasteiger partial charge in [-0.3, -0.25) is 4.79 Å². The van der Waals surface area contributed by atoms with Crippen LogP contribution in [-0.4, -0.2) is 23.7 Å². The third-order valence-electron chi connectivity index (χ3n) is 4.92. The second kappa shape index (κ2) is 8.71. The molecule has 1 fully saturated rings. The third kappa shape index (κ3) is 4.40. The Labute approximate surface area is 169 Å². The molecule has 1 N–H and O–H groups in total. The highest BCUT2D eigenvalue weighted by atomic mass is 35.5.